The molecule has 1 amide bonds. The van der Waals surface area contributed by atoms with Crippen molar-refractivity contribution in [1.82, 2.24) is 0 Å². The molecular formula is C6H9NO. The first-order valence-electron chi connectivity index (χ1n) is 2.57. The lowest BCUT2D eigenvalue weighted by Gasteiger charge is -1.82. The van der Waals surface area contributed by atoms with Crippen molar-refractivity contribution >= 4 is 11.8 Å². The highest BCUT2D eigenvalue weighted by Gasteiger charge is 1.90. The molecule has 0 aliphatic rings. The molecular weight excluding hydrogens is 102 g/mol. The molecule has 0 heterocycles. The molecule has 0 saturated heterocycles. The Kier molecular flexibility index (Phi) is 3.81. The van der Waals surface area contributed by atoms with E-state index in [0.717, 1.165) is 6.42 Å². The van der Waals surface area contributed by atoms with Gasteiger partial charge in [0.25, 0.3) is 5.91 Å². The predicted molar refractivity (Wildman–Crippen MR) is 33.0 cm³/mol. The van der Waals surface area contributed by atoms with E-state index < -0.39 is 0 Å². The topological polar surface area (TPSA) is 29.4 Å². The second-order valence-electron chi connectivity index (χ2n) is 1.41. The summed E-state index contributed by atoms with van der Waals surface area (Å²) in [6.45, 7) is 5.10. The van der Waals surface area contributed by atoms with E-state index in [9.17, 15) is 4.79 Å². The SMILES string of the molecule is C=C=NC(=O)CCC. The molecule has 2 heteroatoms. The number of aliphatic imine (C=N–C) groups is 1. The Morgan fingerprint density at radius 3 is 2.88 bits per heavy atom. The van der Waals surface area contributed by atoms with Gasteiger partial charge >= 0.3 is 0 Å². The minimum absolute atomic E-state index is 0.137. The molecule has 0 bridgehead atoms. The molecule has 0 fully saturated rings. The van der Waals surface area contributed by atoms with Crippen molar-refractivity contribution in [3.05, 3.63) is 6.58 Å². The summed E-state index contributed by atoms with van der Waals surface area (Å²) in [5, 5.41) is 0. The second-order valence-corrected chi connectivity index (χ2v) is 1.41. The van der Waals surface area contributed by atoms with Gasteiger partial charge in [-0.3, -0.25) is 4.79 Å². The van der Waals surface area contributed by atoms with Crippen molar-refractivity contribution in [3.63, 3.8) is 0 Å². The maximum absolute atomic E-state index is 10.4. The Hall–Kier alpha value is -0.880. The monoisotopic (exact) mass is 111 g/mol. The summed E-state index contributed by atoms with van der Waals surface area (Å²) in [4.78, 5) is 13.7. The fourth-order valence-electron chi connectivity index (χ4n) is 0.358. The van der Waals surface area contributed by atoms with Crippen molar-refractivity contribution in [3.8, 4) is 0 Å². The lowest BCUT2D eigenvalue weighted by atomic mass is 10.3. The van der Waals surface area contributed by atoms with Gasteiger partial charge in [-0.25, -0.2) is 0 Å². The van der Waals surface area contributed by atoms with Crippen LogP contribution in [0.1, 0.15) is 19.8 Å². The van der Waals surface area contributed by atoms with Crippen molar-refractivity contribution in [2.75, 3.05) is 0 Å². The van der Waals surface area contributed by atoms with Crippen LogP contribution in [0.3, 0.4) is 0 Å². The van der Waals surface area contributed by atoms with E-state index in [-0.39, 0.29) is 5.91 Å². The van der Waals surface area contributed by atoms with Gasteiger partial charge in [0.15, 0.2) is 0 Å². The van der Waals surface area contributed by atoms with Crippen molar-refractivity contribution in [2.45, 2.75) is 19.8 Å². The summed E-state index contributed by atoms with van der Waals surface area (Å²) in [6.07, 6.45) is 1.34. The fraction of sp³-hybridized carbons (Fsp3) is 0.500. The van der Waals surface area contributed by atoms with E-state index in [4.69, 9.17) is 0 Å². The zero-order valence-corrected chi connectivity index (χ0v) is 4.98. The molecule has 0 N–H and O–H groups in total. The zero-order valence-electron chi connectivity index (χ0n) is 4.98. The van der Waals surface area contributed by atoms with Gasteiger partial charge in [0.2, 0.25) is 0 Å². The molecule has 0 aromatic carbocycles. The third-order valence-electron chi connectivity index (χ3n) is 0.668. The largest absolute Gasteiger partial charge is 0.272 e. The minimum Gasteiger partial charge on any atom is -0.272 e. The molecule has 0 radical (unpaired) electrons. The molecule has 0 aliphatic heterocycles. The maximum Gasteiger partial charge on any atom is 0.253 e. The van der Waals surface area contributed by atoms with Crippen molar-refractivity contribution < 1.29 is 4.79 Å². The van der Waals surface area contributed by atoms with Crippen LogP contribution in [0.2, 0.25) is 0 Å². The number of nitrogens with zero attached hydrogens (tertiary/aromatic N) is 1. The Morgan fingerprint density at radius 2 is 2.50 bits per heavy atom. The van der Waals surface area contributed by atoms with Crippen LogP contribution in [0.4, 0.5) is 0 Å². The van der Waals surface area contributed by atoms with Gasteiger partial charge in [0.05, 0.1) is 0 Å². The van der Waals surface area contributed by atoms with Crippen LogP contribution in [-0.2, 0) is 4.79 Å². The van der Waals surface area contributed by atoms with Gasteiger partial charge in [-0.05, 0) is 18.9 Å². The highest BCUT2D eigenvalue weighted by Crippen LogP contribution is 1.87. The predicted octanol–water partition coefficient (Wildman–Crippen LogP) is 1.17. The molecule has 0 aromatic rings. The van der Waals surface area contributed by atoms with Crippen molar-refractivity contribution in [1.29, 1.82) is 0 Å². The Balaban J connectivity index is 3.49. The maximum atomic E-state index is 10.4. The molecule has 8 heavy (non-hydrogen) atoms. The van der Waals surface area contributed by atoms with Gasteiger partial charge in [0.1, 0.15) is 0 Å². The summed E-state index contributed by atoms with van der Waals surface area (Å²) in [6, 6.07) is 0. The molecule has 0 atom stereocenters. The second kappa shape index (κ2) is 4.28. The van der Waals surface area contributed by atoms with Crippen LogP contribution < -0.4 is 0 Å². The Morgan fingerprint density at radius 1 is 1.88 bits per heavy atom. The van der Waals surface area contributed by atoms with Gasteiger partial charge in [-0.1, -0.05) is 6.92 Å². The average Bonchev–Trinajstić information content (AvgIpc) is 1.68. The van der Waals surface area contributed by atoms with E-state index in [0.29, 0.717) is 6.42 Å². The summed E-state index contributed by atoms with van der Waals surface area (Å²) < 4.78 is 0. The van der Waals surface area contributed by atoms with E-state index >= 15 is 0 Å². The van der Waals surface area contributed by atoms with E-state index in [1.54, 1.807) is 0 Å². The smallest absolute Gasteiger partial charge is 0.253 e. The summed E-state index contributed by atoms with van der Waals surface area (Å²) in [7, 11) is 0. The number of rotatable bonds is 2. The molecule has 0 aromatic heterocycles. The Labute approximate surface area is 48.9 Å². The third-order valence-corrected chi connectivity index (χ3v) is 0.668. The summed E-state index contributed by atoms with van der Waals surface area (Å²) in [5.74, 6) is 2.04. The van der Waals surface area contributed by atoms with E-state index in [1.165, 1.54) is 0 Å². The number of hydrogen-bond donors (Lipinski definition) is 0. The number of carbonyl (C=O) groups excluding carboxylic acids is 1. The first-order chi connectivity index (χ1) is 3.81. The lowest BCUT2D eigenvalue weighted by molar-refractivity contribution is -0.117. The van der Waals surface area contributed by atoms with Crippen molar-refractivity contribution in [2.24, 2.45) is 4.99 Å². The fourth-order valence-corrected chi connectivity index (χ4v) is 0.358. The molecule has 44 valence electrons. The number of hydrogen-bond acceptors (Lipinski definition) is 1. The molecule has 0 spiro atoms. The quantitative estimate of drug-likeness (QED) is 0.492. The first-order valence-corrected chi connectivity index (χ1v) is 2.57. The van der Waals surface area contributed by atoms with Crippen LogP contribution in [0, 0.1) is 0 Å². The summed E-state index contributed by atoms with van der Waals surface area (Å²) in [5.41, 5.74) is 0. The molecule has 0 rings (SSSR count). The average molecular weight is 111 g/mol. The normalized spacial score (nSPS) is 7.62. The van der Waals surface area contributed by atoms with Gasteiger partial charge in [-0.15, -0.1) is 0 Å². The highest BCUT2D eigenvalue weighted by atomic mass is 16.1. The van der Waals surface area contributed by atoms with Crippen LogP contribution in [0.15, 0.2) is 11.6 Å². The number of carbonyl (C=O) groups is 1. The first kappa shape index (κ1) is 7.12. The highest BCUT2D eigenvalue weighted by molar-refractivity contribution is 5.82. The Bertz CT molecular complexity index is 122. The molecule has 0 unspecified atom stereocenters. The van der Waals surface area contributed by atoms with E-state index in [1.807, 2.05) is 6.92 Å². The van der Waals surface area contributed by atoms with Crippen LogP contribution in [0.25, 0.3) is 0 Å². The molecule has 0 saturated carbocycles. The van der Waals surface area contributed by atoms with Gasteiger partial charge in [0, 0.05) is 6.42 Å². The molecule has 2 nitrogen and oxygen atoms in total. The lowest BCUT2D eigenvalue weighted by Crippen LogP contribution is -1.88. The minimum atomic E-state index is -0.137. The summed E-state index contributed by atoms with van der Waals surface area (Å²) >= 11 is 0. The van der Waals surface area contributed by atoms with Gasteiger partial charge < -0.3 is 0 Å². The van der Waals surface area contributed by atoms with Crippen LogP contribution in [0.5, 0.6) is 0 Å². The number of amides is 1. The van der Waals surface area contributed by atoms with Crippen LogP contribution >= 0.6 is 0 Å². The molecule has 0 aliphatic carbocycles. The van der Waals surface area contributed by atoms with Gasteiger partial charge in [-0.2, -0.15) is 4.99 Å². The standard InChI is InChI=1S/C6H9NO/c1-3-5-6(8)7-4-2/h2-3,5H2,1H3. The van der Waals surface area contributed by atoms with E-state index in [2.05, 4.69) is 17.4 Å². The third kappa shape index (κ3) is 3.32. The van der Waals surface area contributed by atoms with Crippen LogP contribution in [-0.4, -0.2) is 11.8 Å². The zero-order chi connectivity index (χ0) is 6.41.